The summed E-state index contributed by atoms with van der Waals surface area (Å²) in [6, 6.07) is 3.82. The maximum Gasteiger partial charge on any atom is 0.129 e. The second kappa shape index (κ2) is 8.77. The minimum Gasteiger partial charge on any atom is -0.271 e. The highest BCUT2D eigenvalue weighted by Crippen LogP contribution is 2.16. The van der Waals surface area contributed by atoms with Crippen LogP contribution < -0.4 is 11.3 Å². The van der Waals surface area contributed by atoms with E-state index in [2.05, 4.69) is 12.0 Å². The van der Waals surface area contributed by atoms with Gasteiger partial charge < -0.3 is 0 Å². The first kappa shape index (κ1) is 15.8. The zero-order valence-electron chi connectivity index (χ0n) is 11.2. The van der Waals surface area contributed by atoms with Gasteiger partial charge in [0.2, 0.25) is 0 Å². The molecule has 0 amide bonds. The molecule has 1 unspecified atom stereocenters. The summed E-state index contributed by atoms with van der Waals surface area (Å²) in [5.41, 5.74) is 2.75. The number of nitrogens with two attached hydrogens (primary N) is 1. The van der Waals surface area contributed by atoms with Crippen molar-refractivity contribution in [3.05, 3.63) is 48.1 Å². The normalized spacial score (nSPS) is 12.4. The molecule has 0 aliphatic heterocycles. The molecule has 0 saturated carbocycles. The van der Waals surface area contributed by atoms with Crippen LogP contribution in [0.4, 0.5) is 8.78 Å². The quantitative estimate of drug-likeness (QED) is 0.311. The molecule has 0 aliphatic rings. The Labute approximate surface area is 113 Å². The second-order valence-corrected chi connectivity index (χ2v) is 4.69. The third kappa shape index (κ3) is 5.49. The van der Waals surface area contributed by atoms with Crippen LogP contribution in [0.25, 0.3) is 0 Å². The lowest BCUT2D eigenvalue weighted by Gasteiger charge is -2.16. The van der Waals surface area contributed by atoms with E-state index in [1.165, 1.54) is 18.2 Å². The largest absolute Gasteiger partial charge is 0.271 e. The van der Waals surface area contributed by atoms with Gasteiger partial charge in [-0.3, -0.25) is 11.3 Å². The van der Waals surface area contributed by atoms with Gasteiger partial charge >= 0.3 is 0 Å². The van der Waals surface area contributed by atoms with Gasteiger partial charge in [-0.1, -0.05) is 25.0 Å². The number of nitrogens with one attached hydrogen (secondary N) is 1. The van der Waals surface area contributed by atoms with E-state index in [0.717, 1.165) is 32.1 Å². The van der Waals surface area contributed by atoms with Crippen LogP contribution >= 0.6 is 0 Å². The summed E-state index contributed by atoms with van der Waals surface area (Å²) in [7, 11) is 0. The van der Waals surface area contributed by atoms with Crippen LogP contribution in [0.5, 0.6) is 0 Å². The summed E-state index contributed by atoms with van der Waals surface area (Å²) < 4.78 is 27.0. The van der Waals surface area contributed by atoms with Gasteiger partial charge in [-0.25, -0.2) is 8.78 Å². The smallest absolute Gasteiger partial charge is 0.129 e. The summed E-state index contributed by atoms with van der Waals surface area (Å²) >= 11 is 0. The number of rotatable bonds is 9. The van der Waals surface area contributed by atoms with Crippen LogP contribution in [0, 0.1) is 11.6 Å². The first-order chi connectivity index (χ1) is 9.19. The molecule has 0 spiro atoms. The number of unbranched alkanes of at least 4 members (excludes halogenated alkanes) is 3. The van der Waals surface area contributed by atoms with E-state index in [0.29, 0.717) is 0 Å². The fraction of sp³-hybridized carbons (Fsp3) is 0.467. The molecular weight excluding hydrogens is 246 g/mol. The minimum atomic E-state index is -0.507. The first-order valence-corrected chi connectivity index (χ1v) is 6.69. The molecule has 0 bridgehead atoms. The lowest BCUT2D eigenvalue weighted by Crippen LogP contribution is -2.37. The third-order valence-electron chi connectivity index (χ3n) is 3.21. The fourth-order valence-corrected chi connectivity index (χ4v) is 2.07. The van der Waals surface area contributed by atoms with Gasteiger partial charge in [0.05, 0.1) is 0 Å². The summed E-state index contributed by atoms with van der Waals surface area (Å²) in [5.74, 6) is 4.44. The summed E-state index contributed by atoms with van der Waals surface area (Å²) in [4.78, 5) is 0. The van der Waals surface area contributed by atoms with Crippen LogP contribution in [0.3, 0.4) is 0 Å². The minimum absolute atomic E-state index is 0.102. The van der Waals surface area contributed by atoms with Crippen molar-refractivity contribution >= 4 is 0 Å². The van der Waals surface area contributed by atoms with Crippen LogP contribution in [0.15, 0.2) is 30.9 Å². The summed E-state index contributed by atoms with van der Waals surface area (Å²) in [6.45, 7) is 3.67. The Balaban J connectivity index is 2.45. The summed E-state index contributed by atoms with van der Waals surface area (Å²) in [6.07, 6.45) is 7.13. The Morgan fingerprint density at radius 3 is 2.47 bits per heavy atom. The molecule has 106 valence electrons. The van der Waals surface area contributed by atoms with Crippen LogP contribution in [-0.4, -0.2) is 6.04 Å². The van der Waals surface area contributed by atoms with Gasteiger partial charge in [-0.05, 0) is 37.8 Å². The lowest BCUT2D eigenvalue weighted by molar-refractivity contribution is 0.445. The molecule has 3 N–H and O–H groups in total. The van der Waals surface area contributed by atoms with Gasteiger partial charge in [0.25, 0.3) is 0 Å². The van der Waals surface area contributed by atoms with E-state index < -0.39 is 11.6 Å². The molecule has 0 radical (unpaired) electrons. The van der Waals surface area contributed by atoms with Crippen molar-refractivity contribution in [2.75, 3.05) is 0 Å². The van der Waals surface area contributed by atoms with E-state index >= 15 is 0 Å². The van der Waals surface area contributed by atoms with Crippen molar-refractivity contribution in [2.24, 2.45) is 5.84 Å². The number of hydrogen-bond acceptors (Lipinski definition) is 2. The highest BCUT2D eigenvalue weighted by Gasteiger charge is 2.14. The second-order valence-electron chi connectivity index (χ2n) is 4.69. The topological polar surface area (TPSA) is 38.0 Å². The van der Waals surface area contributed by atoms with Crippen molar-refractivity contribution in [3.8, 4) is 0 Å². The molecule has 2 nitrogen and oxygen atoms in total. The van der Waals surface area contributed by atoms with Crippen molar-refractivity contribution in [3.63, 3.8) is 0 Å². The van der Waals surface area contributed by atoms with E-state index in [1.807, 2.05) is 6.08 Å². The molecule has 1 aromatic rings. The lowest BCUT2D eigenvalue weighted by atomic mass is 9.99. The number of benzene rings is 1. The van der Waals surface area contributed by atoms with Crippen molar-refractivity contribution in [2.45, 2.75) is 44.6 Å². The average Bonchev–Trinajstić information content (AvgIpc) is 2.40. The van der Waals surface area contributed by atoms with Crippen molar-refractivity contribution in [1.29, 1.82) is 0 Å². The van der Waals surface area contributed by atoms with Crippen LogP contribution in [0.1, 0.15) is 37.7 Å². The molecule has 1 aromatic carbocycles. The zero-order chi connectivity index (χ0) is 14.1. The Hall–Kier alpha value is -1.26. The molecule has 1 atom stereocenters. The van der Waals surface area contributed by atoms with Crippen molar-refractivity contribution in [1.82, 2.24) is 5.43 Å². The molecule has 0 heterocycles. The van der Waals surface area contributed by atoms with Gasteiger partial charge in [0.15, 0.2) is 0 Å². The van der Waals surface area contributed by atoms with E-state index in [-0.39, 0.29) is 18.0 Å². The number of halogens is 2. The molecule has 1 rings (SSSR count). The molecule has 19 heavy (non-hydrogen) atoms. The van der Waals surface area contributed by atoms with E-state index in [1.54, 1.807) is 0 Å². The predicted octanol–water partition coefficient (Wildman–Crippen LogP) is 3.48. The molecule has 4 heteroatoms. The number of allylic oxidation sites excluding steroid dienone is 1. The predicted molar refractivity (Wildman–Crippen MR) is 74.5 cm³/mol. The number of hydrogen-bond donors (Lipinski definition) is 2. The van der Waals surface area contributed by atoms with Gasteiger partial charge in [0, 0.05) is 11.6 Å². The highest BCUT2D eigenvalue weighted by atomic mass is 19.1. The standard InChI is InChI=1S/C15H22F2N2/c1-2-3-4-5-6-8-12(19-18)11-13-14(16)9-7-10-15(13)17/h2,7,9-10,12,19H,1,3-6,8,11,18H2. The summed E-state index contributed by atoms with van der Waals surface area (Å²) in [5, 5.41) is 0. The van der Waals surface area contributed by atoms with Gasteiger partial charge in [-0.15, -0.1) is 6.58 Å². The highest BCUT2D eigenvalue weighted by molar-refractivity contribution is 5.20. The van der Waals surface area contributed by atoms with Crippen LogP contribution in [0.2, 0.25) is 0 Å². The number of hydrazine groups is 1. The average molecular weight is 268 g/mol. The zero-order valence-corrected chi connectivity index (χ0v) is 11.2. The first-order valence-electron chi connectivity index (χ1n) is 6.69. The van der Waals surface area contributed by atoms with Crippen molar-refractivity contribution < 1.29 is 8.78 Å². The van der Waals surface area contributed by atoms with Gasteiger partial charge in [0.1, 0.15) is 11.6 Å². The van der Waals surface area contributed by atoms with E-state index in [4.69, 9.17) is 5.84 Å². The monoisotopic (exact) mass is 268 g/mol. The maximum atomic E-state index is 13.5. The third-order valence-corrected chi connectivity index (χ3v) is 3.21. The Bertz CT molecular complexity index is 373. The molecule has 0 saturated heterocycles. The Kier molecular flexibility index (Phi) is 7.30. The molecule has 0 aromatic heterocycles. The van der Waals surface area contributed by atoms with E-state index in [9.17, 15) is 8.78 Å². The molecule has 0 aliphatic carbocycles. The fourth-order valence-electron chi connectivity index (χ4n) is 2.07. The Morgan fingerprint density at radius 1 is 1.21 bits per heavy atom. The molecular formula is C15H22F2N2. The Morgan fingerprint density at radius 2 is 1.89 bits per heavy atom. The van der Waals surface area contributed by atoms with Crippen LogP contribution in [-0.2, 0) is 6.42 Å². The van der Waals surface area contributed by atoms with Gasteiger partial charge in [-0.2, -0.15) is 0 Å². The SMILES string of the molecule is C=CCCCCCC(Cc1c(F)cccc1F)NN. The maximum absolute atomic E-state index is 13.5. The molecule has 0 fully saturated rings.